The molecule has 3 rings (SSSR count). The lowest BCUT2D eigenvalue weighted by atomic mass is 10.1. The maximum absolute atomic E-state index is 10.9. The molecule has 0 radical (unpaired) electrons. The fraction of sp³-hybridized carbons (Fsp3) is 0.385. The average Bonchev–Trinajstić information content (AvgIpc) is 3.01. The first kappa shape index (κ1) is 11.7. The van der Waals surface area contributed by atoms with Crippen LogP contribution in [0.2, 0.25) is 0 Å². The van der Waals surface area contributed by atoms with Crippen LogP contribution in [0.5, 0.6) is 0 Å². The van der Waals surface area contributed by atoms with Crippen molar-refractivity contribution in [1.29, 1.82) is 0 Å². The highest BCUT2D eigenvalue weighted by atomic mass is 32.2. The van der Waals surface area contributed by atoms with Crippen LogP contribution in [-0.2, 0) is 0 Å². The number of nitrogens with zero attached hydrogens (tertiary/aromatic N) is 1. The van der Waals surface area contributed by atoms with E-state index >= 15 is 0 Å². The molecule has 4 nitrogen and oxygen atoms in total. The normalized spacial score (nSPS) is 22.3. The second-order valence-corrected chi connectivity index (χ2v) is 5.95. The van der Waals surface area contributed by atoms with Gasteiger partial charge in [-0.3, -0.25) is 10.1 Å². The standard InChI is InChI=1S/C13H14N2O2S/c16-15(17)9-3-6-13(18-10-4-5-10)11(8-9)12-2-1-7-14-12/h1-3,6,8,10,12,14H,4-5,7H2/t12-/m1/s1. The molecular formula is C13H14N2O2S. The van der Waals surface area contributed by atoms with Crippen molar-refractivity contribution in [3.8, 4) is 0 Å². The lowest BCUT2D eigenvalue weighted by Gasteiger charge is -2.14. The van der Waals surface area contributed by atoms with Crippen molar-refractivity contribution in [3.63, 3.8) is 0 Å². The molecule has 1 aromatic rings. The number of non-ortho nitro benzene ring substituents is 1. The summed E-state index contributed by atoms with van der Waals surface area (Å²) in [4.78, 5) is 11.7. The van der Waals surface area contributed by atoms with Crippen LogP contribution < -0.4 is 5.32 Å². The molecular weight excluding hydrogens is 248 g/mol. The zero-order valence-corrected chi connectivity index (χ0v) is 10.7. The largest absolute Gasteiger partial charge is 0.303 e. The Kier molecular flexibility index (Phi) is 3.09. The minimum Gasteiger partial charge on any atom is -0.303 e. The summed E-state index contributed by atoms with van der Waals surface area (Å²) in [6, 6.07) is 5.32. The van der Waals surface area contributed by atoms with Gasteiger partial charge in [-0.25, -0.2) is 0 Å². The van der Waals surface area contributed by atoms with Gasteiger partial charge in [0.05, 0.1) is 11.0 Å². The van der Waals surface area contributed by atoms with E-state index in [4.69, 9.17) is 0 Å². The lowest BCUT2D eigenvalue weighted by molar-refractivity contribution is -0.385. The third kappa shape index (κ3) is 2.42. The van der Waals surface area contributed by atoms with Gasteiger partial charge in [0.25, 0.3) is 5.69 Å². The van der Waals surface area contributed by atoms with Crippen molar-refractivity contribution < 1.29 is 4.92 Å². The third-order valence-electron chi connectivity index (χ3n) is 3.14. The van der Waals surface area contributed by atoms with Crippen molar-refractivity contribution in [3.05, 3.63) is 46.0 Å². The maximum atomic E-state index is 10.9. The Hall–Kier alpha value is -1.33. The Morgan fingerprint density at radius 2 is 2.22 bits per heavy atom. The number of hydrogen-bond donors (Lipinski definition) is 1. The molecule has 1 fully saturated rings. The molecule has 1 heterocycles. The number of nitro benzene ring substituents is 1. The quantitative estimate of drug-likeness (QED) is 0.515. The van der Waals surface area contributed by atoms with Crippen LogP contribution >= 0.6 is 11.8 Å². The summed E-state index contributed by atoms with van der Waals surface area (Å²) in [7, 11) is 0. The van der Waals surface area contributed by atoms with Gasteiger partial charge in [0.1, 0.15) is 0 Å². The van der Waals surface area contributed by atoms with Crippen LogP contribution in [0.25, 0.3) is 0 Å². The smallest absolute Gasteiger partial charge is 0.269 e. The van der Waals surface area contributed by atoms with Gasteiger partial charge in [0.15, 0.2) is 0 Å². The van der Waals surface area contributed by atoms with Crippen LogP contribution in [0.15, 0.2) is 35.2 Å². The van der Waals surface area contributed by atoms with E-state index in [2.05, 4.69) is 17.5 Å². The highest BCUT2D eigenvalue weighted by Gasteiger charge is 2.26. The van der Waals surface area contributed by atoms with Gasteiger partial charge in [-0.2, -0.15) is 0 Å². The Labute approximate surface area is 110 Å². The third-order valence-corrected chi connectivity index (χ3v) is 4.57. The van der Waals surface area contributed by atoms with Gasteiger partial charge in [-0.05, 0) is 24.5 Å². The molecule has 2 aliphatic rings. The Morgan fingerprint density at radius 1 is 1.39 bits per heavy atom. The summed E-state index contributed by atoms with van der Waals surface area (Å²) in [5.74, 6) is 0. The molecule has 1 aromatic carbocycles. The minimum absolute atomic E-state index is 0.117. The Morgan fingerprint density at radius 3 is 2.83 bits per heavy atom. The van der Waals surface area contributed by atoms with Gasteiger partial charge in [-0.15, -0.1) is 11.8 Å². The summed E-state index contributed by atoms with van der Waals surface area (Å²) < 4.78 is 0. The van der Waals surface area contributed by atoms with E-state index in [1.165, 1.54) is 17.7 Å². The van der Waals surface area contributed by atoms with Crippen LogP contribution in [0.1, 0.15) is 24.4 Å². The molecule has 1 atom stereocenters. The zero-order chi connectivity index (χ0) is 12.5. The molecule has 18 heavy (non-hydrogen) atoms. The van der Waals surface area contributed by atoms with E-state index in [-0.39, 0.29) is 16.7 Å². The van der Waals surface area contributed by atoms with E-state index in [1.54, 1.807) is 12.1 Å². The molecule has 0 unspecified atom stereocenters. The number of hydrogen-bond acceptors (Lipinski definition) is 4. The van der Waals surface area contributed by atoms with Gasteiger partial charge < -0.3 is 5.32 Å². The molecule has 0 aromatic heterocycles. The van der Waals surface area contributed by atoms with Crippen LogP contribution in [-0.4, -0.2) is 16.7 Å². The number of nitrogens with one attached hydrogen (secondary N) is 1. The Bertz CT molecular complexity index is 512. The van der Waals surface area contributed by atoms with Crippen molar-refractivity contribution in [1.82, 2.24) is 5.32 Å². The molecule has 0 bridgehead atoms. The van der Waals surface area contributed by atoms with Gasteiger partial charge in [0.2, 0.25) is 0 Å². The number of nitro groups is 1. The molecule has 1 N–H and O–H groups in total. The zero-order valence-electron chi connectivity index (χ0n) is 9.83. The van der Waals surface area contributed by atoms with E-state index in [0.717, 1.165) is 12.1 Å². The van der Waals surface area contributed by atoms with E-state index in [9.17, 15) is 10.1 Å². The summed E-state index contributed by atoms with van der Waals surface area (Å²) >= 11 is 1.85. The molecule has 1 saturated carbocycles. The van der Waals surface area contributed by atoms with Gasteiger partial charge in [-0.1, -0.05) is 12.2 Å². The fourth-order valence-electron chi connectivity index (χ4n) is 2.05. The number of benzene rings is 1. The number of rotatable bonds is 4. The highest BCUT2D eigenvalue weighted by Crippen LogP contribution is 2.42. The first-order chi connectivity index (χ1) is 8.74. The molecule has 94 valence electrons. The molecule has 0 spiro atoms. The first-order valence-electron chi connectivity index (χ1n) is 6.09. The monoisotopic (exact) mass is 262 g/mol. The van der Waals surface area contributed by atoms with E-state index in [1.807, 2.05) is 17.8 Å². The second-order valence-electron chi connectivity index (χ2n) is 4.61. The fourth-order valence-corrected chi connectivity index (χ4v) is 3.25. The van der Waals surface area contributed by atoms with Crippen molar-refractivity contribution in [2.24, 2.45) is 0 Å². The SMILES string of the molecule is O=[N+]([O-])c1ccc(SC2CC2)c([C@H]2C=CCN2)c1. The molecule has 1 aliphatic heterocycles. The molecule has 0 amide bonds. The van der Waals surface area contributed by atoms with Gasteiger partial charge in [0, 0.05) is 28.8 Å². The van der Waals surface area contributed by atoms with Gasteiger partial charge >= 0.3 is 0 Å². The summed E-state index contributed by atoms with van der Waals surface area (Å²) in [6.45, 7) is 0.834. The van der Waals surface area contributed by atoms with Crippen LogP contribution in [0, 0.1) is 10.1 Å². The van der Waals surface area contributed by atoms with Crippen molar-refractivity contribution in [2.45, 2.75) is 29.0 Å². The summed E-state index contributed by atoms with van der Waals surface area (Å²) in [6.07, 6.45) is 6.66. The summed E-state index contributed by atoms with van der Waals surface area (Å²) in [5, 5.41) is 14.9. The first-order valence-corrected chi connectivity index (χ1v) is 6.97. The topological polar surface area (TPSA) is 55.2 Å². The van der Waals surface area contributed by atoms with E-state index < -0.39 is 0 Å². The predicted molar refractivity (Wildman–Crippen MR) is 71.9 cm³/mol. The lowest BCUT2D eigenvalue weighted by Crippen LogP contribution is -2.14. The Balaban J connectivity index is 1.95. The van der Waals surface area contributed by atoms with Crippen LogP contribution in [0.4, 0.5) is 5.69 Å². The molecule has 0 saturated heterocycles. The predicted octanol–water partition coefficient (Wildman–Crippen LogP) is 3.05. The minimum atomic E-state index is -0.326. The van der Waals surface area contributed by atoms with E-state index in [0.29, 0.717) is 5.25 Å². The highest BCUT2D eigenvalue weighted by molar-refractivity contribution is 8.00. The number of thioether (sulfide) groups is 1. The molecule has 1 aliphatic carbocycles. The molecule has 5 heteroatoms. The summed E-state index contributed by atoms with van der Waals surface area (Å²) in [5.41, 5.74) is 1.21. The van der Waals surface area contributed by atoms with Crippen molar-refractivity contribution >= 4 is 17.4 Å². The van der Waals surface area contributed by atoms with Crippen molar-refractivity contribution in [2.75, 3.05) is 6.54 Å². The maximum Gasteiger partial charge on any atom is 0.269 e. The average molecular weight is 262 g/mol. The van der Waals surface area contributed by atoms with Crippen LogP contribution in [0.3, 0.4) is 0 Å². The second kappa shape index (κ2) is 4.74.